The molecule has 5 aliphatic carbocycles. The Bertz CT molecular complexity index is 1670. The largest absolute Gasteiger partial charge is 0.478 e. The molecule has 5 fully saturated rings. The first-order chi connectivity index (χ1) is 23.7. The minimum absolute atomic E-state index is 0.0328. The molecular formula is C43H58N2O5. The highest BCUT2D eigenvalue weighted by molar-refractivity contribution is 5.94. The topological polar surface area (TPSA) is 116 Å². The zero-order valence-corrected chi connectivity index (χ0v) is 30.8. The van der Waals surface area contributed by atoms with E-state index < -0.39 is 5.97 Å². The molecule has 0 spiro atoms. The highest BCUT2D eigenvalue weighted by Gasteiger charge is 2.67. The van der Waals surface area contributed by atoms with Crippen LogP contribution in [0.4, 0.5) is 0 Å². The van der Waals surface area contributed by atoms with Crippen molar-refractivity contribution in [2.75, 3.05) is 0 Å². The maximum atomic E-state index is 14.3. The maximum absolute atomic E-state index is 14.3. The van der Waals surface area contributed by atoms with Gasteiger partial charge < -0.3 is 20.8 Å². The van der Waals surface area contributed by atoms with Crippen LogP contribution in [0.2, 0.25) is 0 Å². The first-order valence-corrected chi connectivity index (χ1v) is 19.4. The van der Waals surface area contributed by atoms with Gasteiger partial charge in [0.2, 0.25) is 5.91 Å². The molecule has 0 aromatic heterocycles. The number of benzene rings is 2. The second-order valence-electron chi connectivity index (χ2n) is 18.0. The maximum Gasteiger partial charge on any atom is 0.335 e. The molecule has 50 heavy (non-hydrogen) atoms. The van der Waals surface area contributed by atoms with E-state index >= 15 is 0 Å². The van der Waals surface area contributed by atoms with Gasteiger partial charge in [-0.1, -0.05) is 58.4 Å². The number of carbonyl (C=O) groups is 3. The minimum atomic E-state index is -0.981. The SMILES string of the molecule is Cc1c(CNC(=O)c2cccc(CNC(=O)C34CCCC3C3CCC5C(C)(CCC6C(C)(C)C(O)CCC65C)C3CC4)c2)cccc1C(=O)O. The standard InChI is InChI=1S/C43H58N2O5/c1-26-29(11-7-12-30(26)38(48)49)25-44-37(47)28-10-6-9-27(23-28)24-45-39(50)43-19-8-13-33(43)31-14-15-35-41(4,32(31)16-22-43)20-17-34-40(2,3)36(46)18-21-42(34,35)5/h6-7,9-12,23,31-36,46H,8,13-22,24-25H2,1-5H3,(H,44,47)(H,45,50)(H,48,49). The lowest BCUT2D eigenvalue weighted by Gasteiger charge is -2.69. The fourth-order valence-electron chi connectivity index (χ4n) is 13.2. The van der Waals surface area contributed by atoms with Gasteiger partial charge in [0, 0.05) is 18.7 Å². The Hall–Kier alpha value is -3.19. The van der Waals surface area contributed by atoms with Gasteiger partial charge in [0.05, 0.1) is 17.1 Å². The minimum Gasteiger partial charge on any atom is -0.478 e. The van der Waals surface area contributed by atoms with Crippen molar-refractivity contribution in [3.8, 4) is 0 Å². The summed E-state index contributed by atoms with van der Waals surface area (Å²) in [6, 6.07) is 12.5. The molecule has 5 aliphatic rings. The molecule has 0 radical (unpaired) electrons. The number of carboxylic acids is 1. The highest BCUT2D eigenvalue weighted by atomic mass is 16.4. The fraction of sp³-hybridized carbons (Fsp3) is 0.651. The van der Waals surface area contributed by atoms with Crippen LogP contribution in [0.15, 0.2) is 42.5 Å². The molecule has 9 atom stereocenters. The Labute approximate surface area is 298 Å². The number of aliphatic hydroxyl groups is 1. The third-order valence-electron chi connectivity index (χ3n) is 15.7. The number of hydrogen-bond acceptors (Lipinski definition) is 4. The molecule has 7 heteroatoms. The van der Waals surface area contributed by atoms with E-state index in [-0.39, 0.29) is 46.3 Å². The van der Waals surface area contributed by atoms with Gasteiger partial charge >= 0.3 is 5.97 Å². The predicted octanol–water partition coefficient (Wildman–Crippen LogP) is 8.07. The molecule has 2 aromatic carbocycles. The second-order valence-corrected chi connectivity index (χ2v) is 18.0. The number of carbonyl (C=O) groups excluding carboxylic acids is 2. The Morgan fingerprint density at radius 1 is 0.780 bits per heavy atom. The lowest BCUT2D eigenvalue weighted by molar-refractivity contribution is -0.214. The van der Waals surface area contributed by atoms with Crippen LogP contribution in [0.3, 0.4) is 0 Å². The van der Waals surface area contributed by atoms with E-state index in [2.05, 4.69) is 38.3 Å². The van der Waals surface area contributed by atoms with Gasteiger partial charge in [0.25, 0.3) is 5.91 Å². The van der Waals surface area contributed by atoms with Gasteiger partial charge in [-0.15, -0.1) is 0 Å². The van der Waals surface area contributed by atoms with Gasteiger partial charge in [-0.2, -0.15) is 0 Å². The number of fused-ring (bicyclic) bond motifs is 7. The Kier molecular flexibility index (Phi) is 9.01. The van der Waals surface area contributed by atoms with Crippen molar-refractivity contribution in [2.24, 2.45) is 51.2 Å². The van der Waals surface area contributed by atoms with Crippen LogP contribution >= 0.6 is 0 Å². The summed E-state index contributed by atoms with van der Waals surface area (Å²) in [5.41, 5.74) is 3.32. The summed E-state index contributed by atoms with van der Waals surface area (Å²) in [5, 5.41) is 26.7. The van der Waals surface area contributed by atoms with Crippen LogP contribution in [0.25, 0.3) is 0 Å². The van der Waals surface area contributed by atoms with Crippen LogP contribution in [-0.4, -0.2) is 34.1 Å². The molecule has 270 valence electrons. The average molecular weight is 683 g/mol. The molecule has 0 saturated heterocycles. The fourth-order valence-corrected chi connectivity index (χ4v) is 13.2. The summed E-state index contributed by atoms with van der Waals surface area (Å²) in [6.07, 6.45) is 12.2. The van der Waals surface area contributed by atoms with Crippen LogP contribution in [0, 0.1) is 58.2 Å². The van der Waals surface area contributed by atoms with Gasteiger partial charge in [0.1, 0.15) is 0 Å². The van der Waals surface area contributed by atoms with Gasteiger partial charge in [-0.3, -0.25) is 9.59 Å². The summed E-state index contributed by atoms with van der Waals surface area (Å²) >= 11 is 0. The first-order valence-electron chi connectivity index (χ1n) is 19.4. The third-order valence-corrected chi connectivity index (χ3v) is 15.7. The van der Waals surface area contributed by atoms with Gasteiger partial charge in [0.15, 0.2) is 0 Å². The zero-order valence-electron chi connectivity index (χ0n) is 30.8. The van der Waals surface area contributed by atoms with E-state index in [1.807, 2.05) is 24.3 Å². The molecule has 4 N–H and O–H groups in total. The van der Waals surface area contributed by atoms with Crippen molar-refractivity contribution in [1.29, 1.82) is 0 Å². The summed E-state index contributed by atoms with van der Waals surface area (Å²) in [6.45, 7) is 12.2. The second kappa shape index (κ2) is 12.8. The highest BCUT2D eigenvalue weighted by Crippen LogP contribution is 2.73. The number of aromatic carboxylic acids is 1. The van der Waals surface area contributed by atoms with E-state index in [0.717, 1.165) is 56.1 Å². The monoisotopic (exact) mass is 682 g/mol. The number of aliphatic hydroxyl groups excluding tert-OH is 1. The van der Waals surface area contributed by atoms with Crippen molar-refractivity contribution < 1.29 is 24.6 Å². The summed E-state index contributed by atoms with van der Waals surface area (Å²) in [5.74, 6) is 1.96. The van der Waals surface area contributed by atoms with E-state index in [1.54, 1.807) is 25.1 Å². The molecule has 0 aliphatic heterocycles. The van der Waals surface area contributed by atoms with E-state index in [4.69, 9.17) is 0 Å². The van der Waals surface area contributed by atoms with Crippen molar-refractivity contribution >= 4 is 17.8 Å². The zero-order chi connectivity index (χ0) is 35.6. The molecule has 7 nitrogen and oxygen atoms in total. The molecule has 9 unspecified atom stereocenters. The van der Waals surface area contributed by atoms with E-state index in [1.165, 1.54) is 25.7 Å². The smallest absolute Gasteiger partial charge is 0.335 e. The number of nitrogens with one attached hydrogen (secondary N) is 2. The third kappa shape index (κ3) is 5.52. The number of carboxylic acid groups (broad SMARTS) is 1. The van der Waals surface area contributed by atoms with Crippen molar-refractivity contribution in [2.45, 2.75) is 124 Å². The Balaban J connectivity index is 1.01. The van der Waals surface area contributed by atoms with Crippen LogP contribution in [0.5, 0.6) is 0 Å². The lowest BCUT2D eigenvalue weighted by atomic mass is 9.36. The van der Waals surface area contributed by atoms with Gasteiger partial charge in [-0.25, -0.2) is 4.79 Å². The van der Waals surface area contributed by atoms with Crippen LogP contribution in [0.1, 0.15) is 136 Å². The number of amides is 2. The molecule has 0 heterocycles. The first kappa shape index (κ1) is 35.2. The van der Waals surface area contributed by atoms with Crippen LogP contribution in [-0.2, 0) is 17.9 Å². The molecular weight excluding hydrogens is 624 g/mol. The molecule has 7 rings (SSSR count). The normalized spacial score (nSPS) is 37.0. The summed E-state index contributed by atoms with van der Waals surface area (Å²) in [4.78, 5) is 38.9. The van der Waals surface area contributed by atoms with E-state index in [0.29, 0.717) is 52.7 Å². The molecule has 2 amide bonds. The Morgan fingerprint density at radius 2 is 1.54 bits per heavy atom. The van der Waals surface area contributed by atoms with Crippen molar-refractivity contribution in [3.05, 3.63) is 70.3 Å². The quantitative estimate of drug-likeness (QED) is 0.236. The van der Waals surface area contributed by atoms with E-state index in [9.17, 15) is 24.6 Å². The van der Waals surface area contributed by atoms with Gasteiger partial charge in [-0.05, 0) is 152 Å². The predicted molar refractivity (Wildman–Crippen MR) is 194 cm³/mol. The molecule has 2 aromatic rings. The molecule has 0 bridgehead atoms. The number of rotatable bonds is 7. The summed E-state index contributed by atoms with van der Waals surface area (Å²) in [7, 11) is 0. The average Bonchev–Trinajstić information content (AvgIpc) is 3.54. The molecule has 5 saturated carbocycles. The lowest BCUT2D eigenvalue weighted by Crippen LogP contribution is -2.63. The van der Waals surface area contributed by atoms with Crippen molar-refractivity contribution in [3.63, 3.8) is 0 Å². The van der Waals surface area contributed by atoms with Crippen LogP contribution < -0.4 is 10.6 Å². The number of hydrogen-bond donors (Lipinski definition) is 4. The Morgan fingerprint density at radius 3 is 2.32 bits per heavy atom. The van der Waals surface area contributed by atoms with Crippen molar-refractivity contribution in [1.82, 2.24) is 10.6 Å². The summed E-state index contributed by atoms with van der Waals surface area (Å²) < 4.78 is 0.